The fraction of sp³-hybridized carbons (Fsp3) is 0.167. The highest BCUT2D eigenvalue weighted by molar-refractivity contribution is 8.00. The van der Waals surface area contributed by atoms with Gasteiger partial charge in [0.15, 0.2) is 5.82 Å². The number of halogens is 3. The van der Waals surface area contributed by atoms with Gasteiger partial charge in [-0.3, -0.25) is 4.79 Å². The summed E-state index contributed by atoms with van der Waals surface area (Å²) < 4.78 is 33.4. The molecule has 29 heavy (non-hydrogen) atoms. The average molecular weight is 440 g/mol. The molecule has 1 unspecified atom stereocenters. The van der Waals surface area contributed by atoms with Gasteiger partial charge < -0.3 is 15.9 Å². The third-order valence-corrected chi connectivity index (χ3v) is 5.05. The lowest BCUT2D eigenvalue weighted by Gasteiger charge is -2.12. The van der Waals surface area contributed by atoms with E-state index in [0.717, 1.165) is 17.8 Å². The molecule has 0 saturated carbocycles. The van der Waals surface area contributed by atoms with E-state index >= 15 is 0 Å². The van der Waals surface area contributed by atoms with Gasteiger partial charge in [0.25, 0.3) is 0 Å². The lowest BCUT2D eigenvalue weighted by molar-refractivity contribution is -0.115. The van der Waals surface area contributed by atoms with Crippen LogP contribution in [0.1, 0.15) is 12.7 Å². The summed E-state index contributed by atoms with van der Waals surface area (Å²) in [7, 11) is 0. The molecule has 2 aromatic carbocycles. The highest BCUT2D eigenvalue weighted by Crippen LogP contribution is 2.24. The Labute approximate surface area is 174 Å². The average Bonchev–Trinajstić information content (AvgIpc) is 3.03. The van der Waals surface area contributed by atoms with Crippen molar-refractivity contribution in [1.82, 2.24) is 14.9 Å². The molecular formula is C18H16ClF2N5O2S. The van der Waals surface area contributed by atoms with E-state index in [1.54, 1.807) is 6.92 Å². The monoisotopic (exact) mass is 439 g/mol. The quantitative estimate of drug-likeness (QED) is 0.431. The van der Waals surface area contributed by atoms with Crippen molar-refractivity contribution in [3.05, 3.63) is 64.9 Å². The molecule has 0 aliphatic carbocycles. The number of nitrogens with one attached hydrogen (secondary N) is 1. The van der Waals surface area contributed by atoms with Gasteiger partial charge in [-0.15, -0.1) is 10.2 Å². The minimum Gasteiger partial charge on any atom is -0.486 e. The van der Waals surface area contributed by atoms with Crippen molar-refractivity contribution >= 4 is 35.0 Å². The molecule has 0 saturated heterocycles. The number of carbonyl (C=O) groups excluding carboxylic acids is 1. The molecule has 3 aromatic rings. The number of nitrogen functional groups attached to an aromatic ring is 1. The zero-order valence-electron chi connectivity index (χ0n) is 15.1. The predicted molar refractivity (Wildman–Crippen MR) is 106 cm³/mol. The lowest BCUT2D eigenvalue weighted by atomic mass is 10.3. The van der Waals surface area contributed by atoms with Gasteiger partial charge in [0.2, 0.25) is 11.1 Å². The van der Waals surface area contributed by atoms with Gasteiger partial charge in [0, 0.05) is 5.02 Å². The van der Waals surface area contributed by atoms with E-state index in [9.17, 15) is 13.6 Å². The standard InChI is InChI=1S/C18H16ClF2N5O2S/c1-10(17(27)23-15-7-2-11(19)8-14(15)21)29-18-25-24-16(26(18)22)9-28-13-5-3-12(20)4-6-13/h2-8,10H,9,22H2,1H3,(H,23,27). The van der Waals surface area contributed by atoms with E-state index in [-0.39, 0.29) is 28.3 Å². The Morgan fingerprint density at radius 2 is 2.00 bits per heavy atom. The Kier molecular flexibility index (Phi) is 6.55. The highest BCUT2D eigenvalue weighted by atomic mass is 35.5. The second-order valence-electron chi connectivity index (χ2n) is 5.88. The molecule has 3 rings (SSSR count). The van der Waals surface area contributed by atoms with Crippen molar-refractivity contribution in [2.75, 3.05) is 11.2 Å². The number of hydrogen-bond acceptors (Lipinski definition) is 6. The van der Waals surface area contributed by atoms with Crippen molar-refractivity contribution in [3.8, 4) is 5.75 Å². The largest absolute Gasteiger partial charge is 0.486 e. The van der Waals surface area contributed by atoms with Crippen molar-refractivity contribution in [2.24, 2.45) is 0 Å². The first kappa shape index (κ1) is 20.9. The summed E-state index contributed by atoms with van der Waals surface area (Å²) in [5, 5.41) is 10.2. The van der Waals surface area contributed by atoms with Crippen molar-refractivity contribution < 1.29 is 18.3 Å². The van der Waals surface area contributed by atoms with E-state index in [0.29, 0.717) is 11.6 Å². The van der Waals surface area contributed by atoms with Crippen molar-refractivity contribution in [3.63, 3.8) is 0 Å². The first-order valence-electron chi connectivity index (χ1n) is 8.34. The number of benzene rings is 2. The minimum absolute atomic E-state index is 0.00621. The van der Waals surface area contributed by atoms with E-state index < -0.39 is 17.0 Å². The SMILES string of the molecule is CC(Sc1nnc(COc2ccc(F)cc2)n1N)C(=O)Nc1ccc(Cl)cc1F. The number of anilines is 1. The maximum Gasteiger partial charge on any atom is 0.237 e. The minimum atomic E-state index is -0.637. The maximum atomic E-state index is 13.8. The van der Waals surface area contributed by atoms with Crippen molar-refractivity contribution in [1.29, 1.82) is 0 Å². The normalized spacial score (nSPS) is 11.9. The van der Waals surface area contributed by atoms with Gasteiger partial charge in [0.1, 0.15) is 24.0 Å². The van der Waals surface area contributed by atoms with E-state index in [1.165, 1.54) is 41.1 Å². The molecule has 0 fully saturated rings. The molecule has 0 aliphatic heterocycles. The topological polar surface area (TPSA) is 95.1 Å². The van der Waals surface area contributed by atoms with Crippen LogP contribution in [0.5, 0.6) is 5.75 Å². The fourth-order valence-electron chi connectivity index (χ4n) is 2.20. The van der Waals surface area contributed by atoms with Gasteiger partial charge in [-0.2, -0.15) is 0 Å². The van der Waals surface area contributed by atoms with Crippen LogP contribution >= 0.6 is 23.4 Å². The van der Waals surface area contributed by atoms with Crippen LogP contribution in [0, 0.1) is 11.6 Å². The molecule has 1 aromatic heterocycles. The van der Waals surface area contributed by atoms with Gasteiger partial charge in [-0.25, -0.2) is 13.5 Å². The van der Waals surface area contributed by atoms with Gasteiger partial charge in [0.05, 0.1) is 10.9 Å². The zero-order chi connectivity index (χ0) is 21.0. The van der Waals surface area contributed by atoms with Crippen molar-refractivity contribution in [2.45, 2.75) is 23.9 Å². The van der Waals surface area contributed by atoms with Crippen LogP contribution in [0.15, 0.2) is 47.6 Å². The van der Waals surface area contributed by atoms with Crippen LogP contribution in [0.25, 0.3) is 0 Å². The fourth-order valence-corrected chi connectivity index (χ4v) is 3.15. The summed E-state index contributed by atoms with van der Waals surface area (Å²) in [6.45, 7) is 1.63. The third-order valence-electron chi connectivity index (χ3n) is 3.76. The van der Waals surface area contributed by atoms with Gasteiger partial charge in [-0.1, -0.05) is 23.4 Å². The Morgan fingerprint density at radius 3 is 2.69 bits per heavy atom. The molecule has 3 N–H and O–H groups in total. The Hall–Kier alpha value is -2.85. The number of nitrogens with two attached hydrogens (primary N) is 1. The number of rotatable bonds is 7. The molecule has 1 atom stereocenters. The lowest BCUT2D eigenvalue weighted by Crippen LogP contribution is -2.24. The molecule has 0 radical (unpaired) electrons. The highest BCUT2D eigenvalue weighted by Gasteiger charge is 2.20. The first-order valence-corrected chi connectivity index (χ1v) is 9.59. The molecule has 1 amide bonds. The maximum absolute atomic E-state index is 13.8. The Morgan fingerprint density at radius 1 is 1.28 bits per heavy atom. The number of aromatic nitrogens is 3. The van der Waals surface area contributed by atoms with Crippen LogP contribution in [0.4, 0.5) is 14.5 Å². The summed E-state index contributed by atoms with van der Waals surface area (Å²) in [6, 6.07) is 9.46. The van der Waals surface area contributed by atoms with Crippen LogP contribution in [-0.2, 0) is 11.4 Å². The third kappa shape index (κ3) is 5.36. The van der Waals surface area contributed by atoms with Gasteiger partial charge in [-0.05, 0) is 49.4 Å². The van der Waals surface area contributed by atoms with Crippen LogP contribution < -0.4 is 15.9 Å². The zero-order valence-corrected chi connectivity index (χ0v) is 16.7. The summed E-state index contributed by atoms with van der Waals surface area (Å²) in [4.78, 5) is 12.3. The molecule has 0 aliphatic rings. The smallest absolute Gasteiger partial charge is 0.237 e. The Bertz CT molecular complexity index is 1020. The molecule has 11 heteroatoms. The summed E-state index contributed by atoms with van der Waals surface area (Å²) >= 11 is 6.75. The number of amides is 1. The van der Waals surface area contributed by atoms with E-state index in [2.05, 4.69) is 15.5 Å². The van der Waals surface area contributed by atoms with Crippen LogP contribution in [0.2, 0.25) is 5.02 Å². The number of carbonyl (C=O) groups is 1. The number of ether oxygens (including phenoxy) is 1. The van der Waals surface area contributed by atoms with Crippen LogP contribution in [-0.4, -0.2) is 26.0 Å². The summed E-state index contributed by atoms with van der Waals surface area (Å²) in [5.74, 6) is 5.27. The Balaban J connectivity index is 1.59. The summed E-state index contributed by atoms with van der Waals surface area (Å²) in [5.41, 5.74) is 0.0226. The van der Waals surface area contributed by atoms with E-state index in [4.69, 9.17) is 22.2 Å². The predicted octanol–water partition coefficient (Wildman–Crippen LogP) is 3.62. The number of thioether (sulfide) groups is 1. The molecule has 0 spiro atoms. The first-order chi connectivity index (χ1) is 13.8. The number of hydrogen-bond donors (Lipinski definition) is 2. The second-order valence-corrected chi connectivity index (χ2v) is 7.63. The summed E-state index contributed by atoms with van der Waals surface area (Å²) in [6.07, 6.45) is 0. The second kappa shape index (κ2) is 9.10. The van der Waals surface area contributed by atoms with Gasteiger partial charge >= 0.3 is 0 Å². The molecule has 1 heterocycles. The van der Waals surface area contributed by atoms with E-state index in [1.807, 2.05) is 0 Å². The van der Waals surface area contributed by atoms with Crippen LogP contribution in [0.3, 0.4) is 0 Å². The molecule has 152 valence electrons. The molecule has 0 bridgehead atoms. The number of nitrogens with zero attached hydrogens (tertiary/aromatic N) is 3. The molecule has 7 nitrogen and oxygen atoms in total. The molecular weight excluding hydrogens is 424 g/mol.